The van der Waals surface area contributed by atoms with Crippen LogP contribution in [0.25, 0.3) is 0 Å². The van der Waals surface area contributed by atoms with E-state index in [-0.39, 0.29) is 35.3 Å². The number of carbonyl (C=O) groups excluding carboxylic acids is 3. The van der Waals surface area contributed by atoms with Crippen molar-refractivity contribution in [1.82, 2.24) is 5.32 Å². The fourth-order valence-corrected chi connectivity index (χ4v) is 3.78. The molecule has 0 radical (unpaired) electrons. The number of hydrogen-bond acceptors (Lipinski definition) is 5. The van der Waals surface area contributed by atoms with Crippen molar-refractivity contribution >= 4 is 29.0 Å². The van der Waals surface area contributed by atoms with E-state index in [9.17, 15) is 19.5 Å². The van der Waals surface area contributed by atoms with Crippen LogP contribution in [0.4, 0.5) is 11.4 Å². The van der Waals surface area contributed by atoms with Crippen LogP contribution in [-0.4, -0.2) is 36.3 Å². The number of phenols is 1. The molecule has 4 N–H and O–H groups in total. The number of Topliss-reactive ketones (excluding diaryl/α,β-unsaturated/α-hetero) is 1. The molecule has 2 amide bonds. The molecule has 0 fully saturated rings. The lowest BCUT2D eigenvalue weighted by Gasteiger charge is -2.24. The van der Waals surface area contributed by atoms with Crippen LogP contribution in [0.2, 0.25) is 0 Å². The van der Waals surface area contributed by atoms with Gasteiger partial charge in [0, 0.05) is 41.5 Å². The molecule has 2 aromatic rings. The maximum atomic E-state index is 12.9. The Bertz CT molecular complexity index is 1070. The average Bonchev–Trinajstić information content (AvgIpc) is 2.74. The third-order valence-electron chi connectivity index (χ3n) is 5.52. The number of carbonyl (C=O) groups is 3. The van der Waals surface area contributed by atoms with E-state index in [1.54, 1.807) is 39.1 Å². The number of aromatic hydroxyl groups is 1. The van der Waals surface area contributed by atoms with Crippen LogP contribution in [0.15, 0.2) is 24.3 Å². The number of amides is 2. The highest BCUT2D eigenvalue weighted by molar-refractivity contribution is 6.04. The number of hydrogen-bond donors (Lipinski definition) is 4. The predicted octanol–water partition coefficient (Wildman–Crippen LogP) is 4.70. The van der Waals surface area contributed by atoms with E-state index in [0.29, 0.717) is 46.5 Å². The molecule has 178 valence electrons. The molecule has 2 rings (SSSR count). The Morgan fingerprint density at radius 2 is 1.70 bits per heavy atom. The fraction of sp³-hybridized carbons (Fsp3) is 0.423. The van der Waals surface area contributed by atoms with Crippen LogP contribution in [0.3, 0.4) is 0 Å². The third-order valence-corrected chi connectivity index (χ3v) is 5.52. The Hall–Kier alpha value is -3.35. The van der Waals surface area contributed by atoms with Crippen LogP contribution in [-0.2, 0) is 10.2 Å². The molecule has 0 saturated carbocycles. The summed E-state index contributed by atoms with van der Waals surface area (Å²) in [7, 11) is 1.56. The average molecular weight is 454 g/mol. The predicted molar refractivity (Wildman–Crippen MR) is 132 cm³/mol. The van der Waals surface area contributed by atoms with Crippen molar-refractivity contribution in [3.63, 3.8) is 0 Å². The third kappa shape index (κ3) is 6.12. The lowest BCUT2D eigenvalue weighted by Crippen LogP contribution is -2.26. The van der Waals surface area contributed by atoms with Crippen molar-refractivity contribution in [1.29, 1.82) is 0 Å². The van der Waals surface area contributed by atoms with E-state index in [4.69, 9.17) is 0 Å². The van der Waals surface area contributed by atoms with Gasteiger partial charge in [-0.2, -0.15) is 0 Å². The second kappa shape index (κ2) is 10.5. The zero-order valence-electron chi connectivity index (χ0n) is 20.6. The first kappa shape index (κ1) is 25.9. The topological polar surface area (TPSA) is 108 Å². The summed E-state index contributed by atoms with van der Waals surface area (Å²) in [5, 5.41) is 18.9. The van der Waals surface area contributed by atoms with Crippen molar-refractivity contribution in [2.45, 2.75) is 59.8 Å². The van der Waals surface area contributed by atoms with Crippen LogP contribution < -0.4 is 16.0 Å². The monoisotopic (exact) mass is 453 g/mol. The number of ketones is 1. The van der Waals surface area contributed by atoms with Gasteiger partial charge in [-0.3, -0.25) is 14.4 Å². The molecule has 0 aliphatic carbocycles. The molecule has 0 aromatic heterocycles. The van der Waals surface area contributed by atoms with E-state index in [0.717, 1.165) is 5.56 Å². The second-order valence-corrected chi connectivity index (χ2v) is 9.25. The minimum atomic E-state index is -0.313. The summed E-state index contributed by atoms with van der Waals surface area (Å²) < 4.78 is 0. The number of benzene rings is 2. The van der Waals surface area contributed by atoms with Crippen LogP contribution in [0, 0.1) is 13.8 Å². The van der Waals surface area contributed by atoms with Crippen molar-refractivity contribution in [2.75, 3.05) is 24.2 Å². The Morgan fingerprint density at radius 3 is 2.27 bits per heavy atom. The standard InChI is InChI=1S/C26H35N3O4/c1-8-9-21(30)23-16(3)24(32)15(2)12-20(23)28-14-22(31)29-19-13-17(25(33)27-7)10-11-18(19)26(4,5)6/h10-13,28,32H,8-9,14H2,1-7H3,(H,27,33)(H,29,31). The van der Waals surface area contributed by atoms with Crippen molar-refractivity contribution < 1.29 is 19.5 Å². The van der Waals surface area contributed by atoms with Gasteiger partial charge in [-0.05, 0) is 55.0 Å². The van der Waals surface area contributed by atoms with Crippen LogP contribution >= 0.6 is 0 Å². The van der Waals surface area contributed by atoms with E-state index < -0.39 is 0 Å². The number of anilines is 2. The second-order valence-electron chi connectivity index (χ2n) is 9.25. The molecule has 7 heteroatoms. The normalized spacial score (nSPS) is 11.1. The Kier molecular flexibility index (Phi) is 8.25. The number of phenolic OH excluding ortho intramolecular Hbond substituents is 1. The zero-order valence-corrected chi connectivity index (χ0v) is 20.6. The molecule has 2 aromatic carbocycles. The molecule has 33 heavy (non-hydrogen) atoms. The highest BCUT2D eigenvalue weighted by Crippen LogP contribution is 2.33. The van der Waals surface area contributed by atoms with Gasteiger partial charge in [0.1, 0.15) is 5.75 Å². The van der Waals surface area contributed by atoms with Gasteiger partial charge in [0.05, 0.1) is 6.54 Å². The molecule has 0 aliphatic heterocycles. The van der Waals surface area contributed by atoms with Crippen LogP contribution in [0.5, 0.6) is 5.75 Å². The molecular formula is C26H35N3O4. The zero-order chi connectivity index (χ0) is 24.9. The van der Waals surface area contributed by atoms with Gasteiger partial charge < -0.3 is 21.1 Å². The summed E-state index contributed by atoms with van der Waals surface area (Å²) in [6.07, 6.45) is 1.04. The summed E-state index contributed by atoms with van der Waals surface area (Å²) >= 11 is 0. The van der Waals surface area contributed by atoms with E-state index in [1.165, 1.54) is 0 Å². The van der Waals surface area contributed by atoms with E-state index in [1.807, 2.05) is 33.8 Å². The largest absolute Gasteiger partial charge is 0.507 e. The minimum Gasteiger partial charge on any atom is -0.507 e. The van der Waals surface area contributed by atoms with Crippen molar-refractivity contribution in [2.24, 2.45) is 0 Å². The van der Waals surface area contributed by atoms with Gasteiger partial charge in [0.25, 0.3) is 5.91 Å². The van der Waals surface area contributed by atoms with Gasteiger partial charge in [-0.15, -0.1) is 0 Å². The Labute approximate surface area is 196 Å². The Morgan fingerprint density at radius 1 is 1.03 bits per heavy atom. The molecule has 0 heterocycles. The molecule has 0 saturated heterocycles. The highest BCUT2D eigenvalue weighted by atomic mass is 16.3. The van der Waals surface area contributed by atoms with Crippen LogP contribution in [0.1, 0.15) is 77.9 Å². The SMILES string of the molecule is CCCC(=O)c1c(NCC(=O)Nc2cc(C(=O)NC)ccc2C(C)(C)C)cc(C)c(O)c1C. The fourth-order valence-electron chi connectivity index (χ4n) is 3.78. The molecule has 7 nitrogen and oxygen atoms in total. The van der Waals surface area contributed by atoms with Gasteiger partial charge in [0.15, 0.2) is 5.78 Å². The van der Waals surface area contributed by atoms with Crippen molar-refractivity contribution in [3.8, 4) is 5.75 Å². The summed E-state index contributed by atoms with van der Waals surface area (Å²) in [4.78, 5) is 37.6. The quantitative estimate of drug-likeness (QED) is 0.342. The van der Waals surface area contributed by atoms with Gasteiger partial charge >= 0.3 is 0 Å². The Balaban J connectivity index is 2.31. The summed E-state index contributed by atoms with van der Waals surface area (Å²) in [5.41, 5.74) is 3.72. The first-order valence-corrected chi connectivity index (χ1v) is 11.2. The number of nitrogens with one attached hydrogen (secondary N) is 3. The molecular weight excluding hydrogens is 418 g/mol. The lowest BCUT2D eigenvalue weighted by atomic mass is 9.85. The van der Waals surface area contributed by atoms with Gasteiger partial charge in [0.2, 0.25) is 5.91 Å². The van der Waals surface area contributed by atoms with E-state index in [2.05, 4.69) is 16.0 Å². The smallest absolute Gasteiger partial charge is 0.251 e. The maximum absolute atomic E-state index is 12.9. The van der Waals surface area contributed by atoms with Gasteiger partial charge in [-0.1, -0.05) is 33.8 Å². The molecule has 0 unspecified atom stereocenters. The molecule has 0 aliphatic rings. The van der Waals surface area contributed by atoms with E-state index >= 15 is 0 Å². The first-order valence-electron chi connectivity index (χ1n) is 11.2. The lowest BCUT2D eigenvalue weighted by molar-refractivity contribution is -0.114. The summed E-state index contributed by atoms with van der Waals surface area (Å²) in [6, 6.07) is 6.94. The molecule has 0 bridgehead atoms. The molecule has 0 spiro atoms. The van der Waals surface area contributed by atoms with Gasteiger partial charge in [-0.25, -0.2) is 0 Å². The highest BCUT2D eigenvalue weighted by Gasteiger charge is 2.22. The van der Waals surface area contributed by atoms with Crippen molar-refractivity contribution in [3.05, 3.63) is 52.1 Å². The maximum Gasteiger partial charge on any atom is 0.251 e. The summed E-state index contributed by atoms with van der Waals surface area (Å²) in [6.45, 7) is 11.4. The number of aryl methyl sites for hydroxylation is 1. The minimum absolute atomic E-state index is 0.0795. The number of rotatable bonds is 8. The molecule has 0 atom stereocenters. The first-order chi connectivity index (χ1) is 15.4. The summed E-state index contributed by atoms with van der Waals surface area (Å²) in [5.74, 6) is -0.545.